The molecule has 2 aliphatic carbocycles. The molecule has 0 aromatic heterocycles. The first-order valence-corrected chi connectivity index (χ1v) is 25.4. The lowest BCUT2D eigenvalue weighted by Crippen LogP contribution is -2.70. The van der Waals surface area contributed by atoms with Crippen molar-refractivity contribution in [1.82, 2.24) is 4.90 Å². The number of carbonyl (C=O) groups is 1. The van der Waals surface area contributed by atoms with Crippen molar-refractivity contribution in [2.75, 3.05) is 52.8 Å². The van der Waals surface area contributed by atoms with Crippen LogP contribution in [0.15, 0.2) is 133 Å². The van der Waals surface area contributed by atoms with Crippen LogP contribution in [-0.4, -0.2) is 108 Å². The molecule has 1 amide bonds. The number of oxime groups is 1. The van der Waals surface area contributed by atoms with Crippen molar-refractivity contribution in [3.63, 3.8) is 0 Å². The number of amides is 1. The third kappa shape index (κ3) is 12.3. The lowest BCUT2D eigenvalue weighted by Gasteiger charge is -2.60. The van der Waals surface area contributed by atoms with Gasteiger partial charge >= 0.3 is 0 Å². The number of aliphatic hydroxyl groups is 3. The van der Waals surface area contributed by atoms with Gasteiger partial charge in [-0.2, -0.15) is 0 Å². The number of nitro benzene ring substituents is 1. The van der Waals surface area contributed by atoms with Crippen LogP contribution in [-0.2, 0) is 23.8 Å². The molecule has 1 saturated carbocycles. The molecule has 15 nitrogen and oxygen atoms in total. The summed E-state index contributed by atoms with van der Waals surface area (Å²) in [6.45, 7) is 4.78. The first-order chi connectivity index (χ1) is 35.3. The Balaban J connectivity index is 1.28. The lowest BCUT2D eigenvalue weighted by molar-refractivity contribution is -0.384. The minimum atomic E-state index is -1.55. The topological polar surface area (TPSA) is 192 Å². The highest BCUT2D eigenvalue weighted by atomic mass is 16.8. The fourth-order valence-electron chi connectivity index (χ4n) is 10.8. The molecule has 4 aliphatic rings. The van der Waals surface area contributed by atoms with Crippen molar-refractivity contribution in [1.29, 1.82) is 0 Å². The van der Waals surface area contributed by atoms with Crippen LogP contribution in [0.25, 0.3) is 17.2 Å². The van der Waals surface area contributed by atoms with Gasteiger partial charge in [-0.05, 0) is 121 Å². The minimum Gasteiger partial charge on any atom is -0.459 e. The second-order valence-corrected chi connectivity index (χ2v) is 18.7. The van der Waals surface area contributed by atoms with E-state index in [4.69, 9.17) is 33.7 Å². The summed E-state index contributed by atoms with van der Waals surface area (Å²) in [5.74, 6) is -1.02. The van der Waals surface area contributed by atoms with Crippen LogP contribution in [0.4, 0.5) is 5.69 Å². The molecule has 2 heterocycles. The molecule has 2 aliphatic heterocycles. The van der Waals surface area contributed by atoms with Crippen molar-refractivity contribution in [2.45, 2.75) is 88.2 Å². The van der Waals surface area contributed by atoms with Crippen molar-refractivity contribution in [3.8, 4) is 28.4 Å². The van der Waals surface area contributed by atoms with Gasteiger partial charge in [0, 0.05) is 62.3 Å². The molecule has 0 radical (unpaired) electrons. The zero-order chi connectivity index (χ0) is 50.3. The third-order valence-electron chi connectivity index (χ3n) is 14.2. The average Bonchev–Trinajstić information content (AvgIpc) is 3.41. The number of unbranched alkanes of at least 4 members (excludes halogenated alkanes) is 2. The van der Waals surface area contributed by atoms with E-state index in [2.05, 4.69) is 30.9 Å². The summed E-state index contributed by atoms with van der Waals surface area (Å²) in [5, 5.41) is 46.2. The molecular formula is C57H67N3O12. The van der Waals surface area contributed by atoms with Crippen LogP contribution in [0.1, 0.15) is 81.3 Å². The number of non-ortho nitro benzene ring substituents is 1. The monoisotopic (exact) mass is 985 g/mol. The molecule has 4 aromatic rings. The van der Waals surface area contributed by atoms with E-state index in [0.717, 1.165) is 60.8 Å². The molecule has 2 fully saturated rings. The number of allylic oxidation sites excluding steroid dienone is 1. The lowest BCUT2D eigenvalue weighted by atomic mass is 9.55. The Morgan fingerprint density at radius 3 is 2.35 bits per heavy atom. The summed E-state index contributed by atoms with van der Waals surface area (Å²) in [6, 6.07) is 29.1. The van der Waals surface area contributed by atoms with Gasteiger partial charge in [-0.25, -0.2) is 0 Å². The van der Waals surface area contributed by atoms with Crippen molar-refractivity contribution >= 4 is 23.4 Å². The highest BCUT2D eigenvalue weighted by Crippen LogP contribution is 2.62. The maximum absolute atomic E-state index is 15.0. The van der Waals surface area contributed by atoms with Gasteiger partial charge in [-0.1, -0.05) is 72.6 Å². The van der Waals surface area contributed by atoms with E-state index < -0.39 is 34.9 Å². The van der Waals surface area contributed by atoms with Crippen LogP contribution in [0.2, 0.25) is 0 Å². The second kappa shape index (κ2) is 25.5. The quantitative estimate of drug-likeness (QED) is 0.0188. The van der Waals surface area contributed by atoms with Crippen LogP contribution in [0.5, 0.6) is 17.2 Å². The molecule has 1 unspecified atom stereocenters. The van der Waals surface area contributed by atoms with E-state index in [1.54, 1.807) is 29.2 Å². The van der Waals surface area contributed by atoms with Crippen LogP contribution in [0, 0.1) is 27.9 Å². The summed E-state index contributed by atoms with van der Waals surface area (Å²) >= 11 is 0. The van der Waals surface area contributed by atoms with Gasteiger partial charge in [-0.15, -0.1) is 6.58 Å². The summed E-state index contributed by atoms with van der Waals surface area (Å²) in [5.41, 5.74) is 5.08. The van der Waals surface area contributed by atoms with Crippen molar-refractivity contribution in [3.05, 3.63) is 149 Å². The zero-order valence-corrected chi connectivity index (χ0v) is 40.8. The van der Waals surface area contributed by atoms with E-state index >= 15 is 4.79 Å². The normalized spacial score (nSPS) is 23.9. The number of benzene rings is 4. The summed E-state index contributed by atoms with van der Waals surface area (Å²) in [4.78, 5) is 34.0. The number of hydrogen-bond acceptors (Lipinski definition) is 13. The third-order valence-corrected chi connectivity index (χ3v) is 14.2. The number of rotatable bonds is 25. The fraction of sp³-hybridized carbons (Fsp3) is 0.439. The SMILES string of the molecule is C=CCO[C@@]12Oc3ccc(Oc4ccc(-c5ccccc5)cc4)cc3[C@H]3[C@H](CCCCO)[C@@H](CCCCO)C=C(C(=NOC4CCCCO4)C[C@@H]1N(CCOCCO)C(=O)C=Cc1ccc([N+](=O)[O-])cc1)[C@H]32. The molecule has 72 heavy (non-hydrogen) atoms. The van der Waals surface area contributed by atoms with Gasteiger partial charge in [0.05, 0.1) is 49.6 Å². The van der Waals surface area contributed by atoms with E-state index in [1.165, 1.54) is 18.2 Å². The smallest absolute Gasteiger partial charge is 0.269 e. The van der Waals surface area contributed by atoms with Gasteiger partial charge in [0.25, 0.3) is 5.69 Å². The molecule has 382 valence electrons. The van der Waals surface area contributed by atoms with E-state index in [1.807, 2.05) is 54.6 Å². The molecule has 1 saturated heterocycles. The van der Waals surface area contributed by atoms with Crippen molar-refractivity contribution in [2.24, 2.45) is 22.9 Å². The number of ether oxygens (including phenoxy) is 5. The standard InChI is InChI=1S/C57H67N3O12/c1-2-33-69-57-52(59(29-35-67-36-32-63)53(64)28-19-40-17-22-44(23-18-40)60(65)66)39-50(58-72-54-16-8-11-34-68-54)48-37-43(14-6-9-30-61)47(15-7-10-31-62)55(56(48)57)49-38-46(26-27-51(49)71-57)70-45-24-20-42(21-25-45)41-12-4-3-5-13-41/h2-5,12-13,17-28,37-38,43,47,52,54-56,61-63H,1,6-11,14-16,29-36,39H2/t43-,47+,52-,54?,55+,56+,57+/m0/s1. The molecule has 4 aromatic carbocycles. The number of carbonyl (C=O) groups excluding carboxylic acids is 1. The first kappa shape index (κ1) is 52.1. The number of nitro groups is 1. The minimum absolute atomic E-state index is 0.00609. The van der Waals surface area contributed by atoms with Crippen LogP contribution >= 0.6 is 0 Å². The first-order valence-electron chi connectivity index (χ1n) is 25.4. The maximum atomic E-state index is 15.0. The molecule has 15 heteroatoms. The van der Waals surface area contributed by atoms with Gasteiger partial charge in [-0.3, -0.25) is 14.9 Å². The Kier molecular flexibility index (Phi) is 18.4. The van der Waals surface area contributed by atoms with E-state index in [-0.39, 0.29) is 76.0 Å². The largest absolute Gasteiger partial charge is 0.459 e. The van der Waals surface area contributed by atoms with E-state index in [9.17, 15) is 25.4 Å². The fourth-order valence-corrected chi connectivity index (χ4v) is 10.8. The summed E-state index contributed by atoms with van der Waals surface area (Å²) < 4.78 is 33.1. The number of nitrogens with zero attached hydrogens (tertiary/aromatic N) is 3. The molecule has 8 rings (SSSR count). The number of hydrogen-bond donors (Lipinski definition) is 3. The number of aliphatic hydroxyl groups excluding tert-OH is 3. The molecular weight excluding hydrogens is 919 g/mol. The van der Waals surface area contributed by atoms with Gasteiger partial charge < -0.3 is 48.7 Å². The second-order valence-electron chi connectivity index (χ2n) is 18.7. The summed E-state index contributed by atoms with van der Waals surface area (Å²) in [7, 11) is 0. The summed E-state index contributed by atoms with van der Waals surface area (Å²) in [6.07, 6.45) is 13.4. The van der Waals surface area contributed by atoms with Crippen LogP contribution < -0.4 is 9.47 Å². The Hall–Kier alpha value is -6.20. The van der Waals surface area contributed by atoms with Gasteiger partial charge in [0.1, 0.15) is 23.3 Å². The molecule has 0 spiro atoms. The highest BCUT2D eigenvalue weighted by molar-refractivity contribution is 6.03. The number of fused-ring (bicyclic) bond motifs is 2. The molecule has 7 atom stereocenters. The predicted octanol–water partition coefficient (Wildman–Crippen LogP) is 9.77. The average molecular weight is 986 g/mol. The van der Waals surface area contributed by atoms with Crippen molar-refractivity contribution < 1.29 is 53.6 Å². The Bertz CT molecular complexity index is 2510. The molecule has 0 bridgehead atoms. The predicted molar refractivity (Wildman–Crippen MR) is 273 cm³/mol. The van der Waals surface area contributed by atoms with Gasteiger partial charge in [0.15, 0.2) is 0 Å². The zero-order valence-electron chi connectivity index (χ0n) is 40.8. The highest BCUT2D eigenvalue weighted by Gasteiger charge is 2.65. The maximum Gasteiger partial charge on any atom is 0.269 e. The van der Waals surface area contributed by atoms with E-state index in [0.29, 0.717) is 54.4 Å². The Morgan fingerprint density at radius 1 is 0.889 bits per heavy atom. The van der Waals surface area contributed by atoms with Gasteiger partial charge in [0.2, 0.25) is 18.0 Å². The Labute approximate surface area is 421 Å². The Morgan fingerprint density at radius 2 is 1.64 bits per heavy atom. The molecule has 3 N–H and O–H groups in total. The van der Waals surface area contributed by atoms with Crippen LogP contribution in [0.3, 0.4) is 0 Å².